The van der Waals surface area contributed by atoms with E-state index in [1.54, 1.807) is 17.7 Å². The summed E-state index contributed by atoms with van der Waals surface area (Å²) >= 11 is 1.57. The van der Waals surface area contributed by atoms with Crippen molar-refractivity contribution in [3.05, 3.63) is 41.6 Å². The maximum absolute atomic E-state index is 12.4. The van der Waals surface area contributed by atoms with E-state index >= 15 is 0 Å². The Kier molecular flexibility index (Phi) is 4.60. The highest BCUT2D eigenvalue weighted by atomic mass is 32.1. The van der Waals surface area contributed by atoms with Gasteiger partial charge in [0.2, 0.25) is 17.6 Å². The predicted molar refractivity (Wildman–Crippen MR) is 93.1 cm³/mol. The van der Waals surface area contributed by atoms with E-state index in [0.717, 1.165) is 30.8 Å². The number of likely N-dealkylation sites (tertiary alicyclic amines) is 1. The molecule has 3 aromatic rings. The van der Waals surface area contributed by atoms with Gasteiger partial charge in [-0.05, 0) is 24.3 Å². The number of piperidine rings is 1. The summed E-state index contributed by atoms with van der Waals surface area (Å²) in [7, 11) is 0. The highest BCUT2D eigenvalue weighted by Gasteiger charge is 2.24. The molecule has 4 rings (SSSR count). The molecule has 1 aliphatic rings. The lowest BCUT2D eigenvalue weighted by atomic mass is 9.94. The summed E-state index contributed by atoms with van der Waals surface area (Å²) in [6.07, 6.45) is 6.41. The number of aromatic nitrogens is 4. The number of imidazole rings is 1. The number of rotatable bonds is 5. The summed E-state index contributed by atoms with van der Waals surface area (Å²) in [6, 6.07) is 3.90. The van der Waals surface area contributed by atoms with Crippen LogP contribution in [0.25, 0.3) is 10.7 Å². The Labute approximate surface area is 149 Å². The highest BCUT2D eigenvalue weighted by molar-refractivity contribution is 7.13. The summed E-state index contributed by atoms with van der Waals surface area (Å²) in [4.78, 5) is 26.9. The molecule has 1 amide bonds. The van der Waals surface area contributed by atoms with Gasteiger partial charge in [-0.1, -0.05) is 11.2 Å². The van der Waals surface area contributed by atoms with Crippen LogP contribution in [-0.4, -0.2) is 44.0 Å². The molecule has 0 bridgehead atoms. The molecule has 0 saturated carbocycles. The van der Waals surface area contributed by atoms with Crippen LogP contribution < -0.4 is 0 Å². The number of H-pyrrole nitrogens is 1. The van der Waals surface area contributed by atoms with Crippen LogP contribution in [0.4, 0.5) is 0 Å². The van der Waals surface area contributed by atoms with Crippen molar-refractivity contribution in [2.75, 3.05) is 13.1 Å². The first-order valence-corrected chi connectivity index (χ1v) is 9.30. The molecule has 7 nitrogen and oxygen atoms in total. The van der Waals surface area contributed by atoms with E-state index in [2.05, 4.69) is 20.1 Å². The average molecular weight is 357 g/mol. The van der Waals surface area contributed by atoms with Gasteiger partial charge in [-0.15, -0.1) is 11.3 Å². The van der Waals surface area contributed by atoms with Gasteiger partial charge in [0, 0.05) is 43.7 Å². The van der Waals surface area contributed by atoms with E-state index in [1.807, 2.05) is 28.6 Å². The molecule has 25 heavy (non-hydrogen) atoms. The third kappa shape index (κ3) is 3.63. The minimum atomic E-state index is 0.152. The van der Waals surface area contributed by atoms with Crippen molar-refractivity contribution in [1.29, 1.82) is 0 Å². The van der Waals surface area contributed by atoms with E-state index in [9.17, 15) is 4.79 Å². The Morgan fingerprint density at radius 3 is 3.00 bits per heavy atom. The number of carbonyl (C=O) groups excluding carboxylic acids is 1. The first-order chi connectivity index (χ1) is 12.3. The van der Waals surface area contributed by atoms with Crippen LogP contribution in [0.5, 0.6) is 0 Å². The van der Waals surface area contributed by atoms with Crippen LogP contribution in [0.1, 0.15) is 36.8 Å². The third-order valence-electron chi connectivity index (χ3n) is 4.57. The lowest BCUT2D eigenvalue weighted by molar-refractivity contribution is -0.132. The Morgan fingerprint density at radius 1 is 1.40 bits per heavy atom. The van der Waals surface area contributed by atoms with Gasteiger partial charge in [-0.2, -0.15) is 4.98 Å². The smallest absolute Gasteiger partial charge is 0.227 e. The summed E-state index contributed by atoms with van der Waals surface area (Å²) in [5, 5.41) is 5.95. The number of thiophene rings is 1. The summed E-state index contributed by atoms with van der Waals surface area (Å²) in [5.74, 6) is 1.73. The molecule has 1 aliphatic heterocycles. The van der Waals surface area contributed by atoms with Crippen molar-refractivity contribution in [2.24, 2.45) is 0 Å². The van der Waals surface area contributed by atoms with Gasteiger partial charge in [0.1, 0.15) is 0 Å². The molecule has 130 valence electrons. The number of aromatic amines is 1. The fourth-order valence-electron chi connectivity index (χ4n) is 3.16. The number of carbonyl (C=O) groups is 1. The first kappa shape index (κ1) is 16.0. The van der Waals surface area contributed by atoms with E-state index in [0.29, 0.717) is 30.5 Å². The lowest BCUT2D eigenvalue weighted by Gasteiger charge is -2.31. The molecule has 1 N–H and O–H groups in total. The normalized spacial score (nSPS) is 15.6. The standard InChI is InChI=1S/C17H19N5O2S/c23-16(22-7-5-12(6-8-22)13-10-18-11-19-13)4-3-15-20-17(21-24-15)14-2-1-9-25-14/h1-2,9-12H,3-8H2,(H,18,19). The monoisotopic (exact) mass is 357 g/mol. The maximum atomic E-state index is 12.4. The maximum Gasteiger partial charge on any atom is 0.227 e. The zero-order valence-corrected chi connectivity index (χ0v) is 14.5. The number of nitrogens with one attached hydrogen (secondary N) is 1. The molecule has 1 saturated heterocycles. The second-order valence-electron chi connectivity index (χ2n) is 6.15. The van der Waals surface area contributed by atoms with Crippen molar-refractivity contribution in [3.63, 3.8) is 0 Å². The van der Waals surface area contributed by atoms with Gasteiger partial charge in [-0.25, -0.2) is 4.98 Å². The lowest BCUT2D eigenvalue weighted by Crippen LogP contribution is -2.38. The summed E-state index contributed by atoms with van der Waals surface area (Å²) < 4.78 is 5.26. The van der Waals surface area contributed by atoms with Crippen LogP contribution >= 0.6 is 11.3 Å². The number of amides is 1. The summed E-state index contributed by atoms with van der Waals surface area (Å²) in [5.41, 5.74) is 1.17. The van der Waals surface area contributed by atoms with Gasteiger partial charge in [-0.3, -0.25) is 4.79 Å². The average Bonchev–Trinajstić information content (AvgIpc) is 3.42. The van der Waals surface area contributed by atoms with Gasteiger partial charge in [0.15, 0.2) is 0 Å². The van der Waals surface area contributed by atoms with Crippen molar-refractivity contribution in [3.8, 4) is 10.7 Å². The number of hydrogen-bond donors (Lipinski definition) is 1. The number of aryl methyl sites for hydroxylation is 1. The highest BCUT2D eigenvalue weighted by Crippen LogP contribution is 2.26. The molecular formula is C17H19N5O2S. The Bertz CT molecular complexity index is 804. The fourth-order valence-corrected chi connectivity index (χ4v) is 3.81. The van der Waals surface area contributed by atoms with Crippen LogP contribution in [-0.2, 0) is 11.2 Å². The zero-order chi connectivity index (χ0) is 17.1. The first-order valence-electron chi connectivity index (χ1n) is 8.42. The molecule has 0 spiro atoms. The van der Waals surface area contributed by atoms with Gasteiger partial charge >= 0.3 is 0 Å². The molecule has 0 atom stereocenters. The van der Waals surface area contributed by atoms with Crippen molar-refractivity contribution in [1.82, 2.24) is 25.0 Å². The van der Waals surface area contributed by atoms with Crippen LogP contribution in [0.15, 0.2) is 34.6 Å². The Morgan fingerprint density at radius 2 is 2.28 bits per heavy atom. The SMILES string of the molecule is O=C(CCc1nc(-c2cccs2)no1)N1CCC(c2cnc[nH]2)CC1. The van der Waals surface area contributed by atoms with Gasteiger partial charge in [0.25, 0.3) is 0 Å². The van der Waals surface area contributed by atoms with Crippen molar-refractivity contribution < 1.29 is 9.32 Å². The third-order valence-corrected chi connectivity index (χ3v) is 5.44. The largest absolute Gasteiger partial charge is 0.348 e. The number of hydrogen-bond acceptors (Lipinski definition) is 6. The van der Waals surface area contributed by atoms with E-state index in [1.165, 1.54) is 5.69 Å². The van der Waals surface area contributed by atoms with Crippen LogP contribution in [0.3, 0.4) is 0 Å². The van der Waals surface area contributed by atoms with E-state index in [4.69, 9.17) is 4.52 Å². The van der Waals surface area contributed by atoms with Crippen LogP contribution in [0.2, 0.25) is 0 Å². The topological polar surface area (TPSA) is 87.9 Å². The molecule has 0 aromatic carbocycles. The number of nitrogens with zero attached hydrogens (tertiary/aromatic N) is 4. The van der Waals surface area contributed by atoms with Crippen molar-refractivity contribution in [2.45, 2.75) is 31.6 Å². The second kappa shape index (κ2) is 7.18. The molecular weight excluding hydrogens is 338 g/mol. The minimum Gasteiger partial charge on any atom is -0.348 e. The van der Waals surface area contributed by atoms with E-state index < -0.39 is 0 Å². The molecule has 1 fully saturated rings. The minimum absolute atomic E-state index is 0.152. The van der Waals surface area contributed by atoms with E-state index in [-0.39, 0.29) is 5.91 Å². The molecule has 0 aliphatic carbocycles. The van der Waals surface area contributed by atoms with Gasteiger partial charge in [0.05, 0.1) is 11.2 Å². The fraction of sp³-hybridized carbons (Fsp3) is 0.412. The molecule has 0 unspecified atom stereocenters. The molecule has 3 aromatic heterocycles. The Hall–Kier alpha value is -2.48. The quantitative estimate of drug-likeness (QED) is 0.758. The predicted octanol–water partition coefficient (Wildman–Crippen LogP) is 2.86. The molecule has 0 radical (unpaired) electrons. The van der Waals surface area contributed by atoms with Gasteiger partial charge < -0.3 is 14.4 Å². The van der Waals surface area contributed by atoms with Crippen molar-refractivity contribution >= 4 is 17.2 Å². The molecule has 4 heterocycles. The van der Waals surface area contributed by atoms with Crippen LogP contribution in [0, 0.1) is 0 Å². The zero-order valence-electron chi connectivity index (χ0n) is 13.7. The Balaban J connectivity index is 1.27. The second-order valence-corrected chi connectivity index (χ2v) is 7.10. The summed E-state index contributed by atoms with van der Waals surface area (Å²) in [6.45, 7) is 1.57. The molecule has 8 heteroatoms.